The molecule has 0 radical (unpaired) electrons. The molecule has 5 heteroatoms. The van der Waals surface area contributed by atoms with Gasteiger partial charge in [0.15, 0.2) is 5.75 Å². The largest absolute Gasteiger partial charge is 0.451 e. The molecule has 126 valence electrons. The summed E-state index contributed by atoms with van der Waals surface area (Å²) in [7, 11) is 0. The number of benzene rings is 1. The first-order valence-corrected chi connectivity index (χ1v) is 8.34. The third kappa shape index (κ3) is 3.62. The topological polar surface area (TPSA) is 57.1 Å². The van der Waals surface area contributed by atoms with E-state index in [0.717, 1.165) is 27.9 Å². The van der Waals surface area contributed by atoms with Gasteiger partial charge in [-0.2, -0.15) is 0 Å². The van der Waals surface area contributed by atoms with E-state index in [1.54, 1.807) is 12.5 Å². The Morgan fingerprint density at radius 3 is 2.54 bits per heavy atom. The summed E-state index contributed by atoms with van der Waals surface area (Å²) in [4.78, 5) is 12.8. The molecule has 3 heterocycles. The second kappa shape index (κ2) is 8.82. The van der Waals surface area contributed by atoms with Gasteiger partial charge in [-0.15, -0.1) is 0 Å². The smallest absolute Gasteiger partial charge is 0.260 e. The lowest BCUT2D eigenvalue weighted by Crippen LogP contribution is -1.98. The van der Waals surface area contributed by atoms with E-state index in [1.807, 2.05) is 58.0 Å². The van der Waals surface area contributed by atoms with Crippen LogP contribution < -0.4 is 9.47 Å². The Balaban J connectivity index is 0.000000487. The van der Waals surface area contributed by atoms with E-state index in [9.17, 15) is 0 Å². The van der Waals surface area contributed by atoms with Crippen molar-refractivity contribution in [2.75, 3.05) is 6.79 Å². The molecule has 24 heavy (non-hydrogen) atoms. The fraction of sp³-hybridized carbons (Fsp3) is 0.316. The number of nitrogens with zero attached hydrogens (tertiary/aromatic N) is 3. The molecule has 0 spiro atoms. The molecule has 0 unspecified atom stereocenters. The van der Waals surface area contributed by atoms with Crippen molar-refractivity contribution in [2.24, 2.45) is 0 Å². The molecule has 0 bridgehead atoms. The number of hydrogen-bond acceptors (Lipinski definition) is 5. The molecule has 0 saturated heterocycles. The Kier molecular flexibility index (Phi) is 6.49. The van der Waals surface area contributed by atoms with Gasteiger partial charge >= 0.3 is 0 Å². The van der Waals surface area contributed by atoms with Gasteiger partial charge in [0.2, 0.25) is 6.79 Å². The number of hydrogen-bond donors (Lipinski definition) is 0. The Morgan fingerprint density at radius 2 is 1.71 bits per heavy atom. The van der Waals surface area contributed by atoms with Crippen LogP contribution in [0.2, 0.25) is 0 Å². The summed E-state index contributed by atoms with van der Waals surface area (Å²) in [5.74, 6) is 1.27. The highest BCUT2D eigenvalue weighted by Crippen LogP contribution is 2.34. The normalized spacial score (nSPS) is 11.2. The zero-order chi connectivity index (χ0) is 17.4. The lowest BCUT2D eigenvalue weighted by molar-refractivity contribution is 0.170. The van der Waals surface area contributed by atoms with Crippen LogP contribution in [0.15, 0.2) is 42.9 Å². The highest BCUT2D eigenvalue weighted by Gasteiger charge is 2.19. The molecule has 0 atom stereocenters. The van der Waals surface area contributed by atoms with E-state index >= 15 is 0 Å². The van der Waals surface area contributed by atoms with Gasteiger partial charge in [0, 0.05) is 23.6 Å². The van der Waals surface area contributed by atoms with Crippen molar-refractivity contribution in [3.63, 3.8) is 0 Å². The van der Waals surface area contributed by atoms with Crippen LogP contribution in [0.4, 0.5) is 0 Å². The van der Waals surface area contributed by atoms with Crippen molar-refractivity contribution in [3.05, 3.63) is 54.1 Å². The van der Waals surface area contributed by atoms with E-state index in [-0.39, 0.29) is 6.79 Å². The molecule has 1 aliphatic rings. The summed E-state index contributed by atoms with van der Waals surface area (Å²) in [6.07, 6.45) is 3.99. The Labute approximate surface area is 142 Å². The Bertz CT molecular complexity index is 785. The maximum atomic E-state index is 5.49. The van der Waals surface area contributed by atoms with Crippen LogP contribution in [0.1, 0.15) is 39.0 Å². The van der Waals surface area contributed by atoms with E-state index < -0.39 is 0 Å². The van der Waals surface area contributed by atoms with E-state index in [1.165, 1.54) is 0 Å². The first-order chi connectivity index (χ1) is 11.9. The third-order valence-corrected chi connectivity index (χ3v) is 3.34. The predicted molar refractivity (Wildman–Crippen MR) is 95.4 cm³/mol. The second-order valence-corrected chi connectivity index (χ2v) is 4.53. The predicted octanol–water partition coefficient (Wildman–Crippen LogP) is 4.40. The number of fused-ring (bicyclic) bond motifs is 2. The lowest BCUT2D eigenvalue weighted by atomic mass is 10.1. The first-order valence-electron chi connectivity index (χ1n) is 8.34. The SMILES string of the molecule is CC.CC.c1ccc2c(Cc3ccnc4c3OCO4)ncnc2c1. The molecule has 2 aromatic heterocycles. The van der Waals surface area contributed by atoms with Gasteiger partial charge in [0.1, 0.15) is 6.33 Å². The van der Waals surface area contributed by atoms with Crippen LogP contribution in [0.5, 0.6) is 11.6 Å². The van der Waals surface area contributed by atoms with Gasteiger partial charge < -0.3 is 9.47 Å². The minimum absolute atomic E-state index is 0.226. The zero-order valence-electron chi connectivity index (χ0n) is 14.6. The number of ether oxygens (including phenoxy) is 2. The van der Waals surface area contributed by atoms with Crippen molar-refractivity contribution < 1.29 is 9.47 Å². The summed E-state index contributed by atoms with van der Waals surface area (Å²) in [5, 5.41) is 1.06. The van der Waals surface area contributed by atoms with Crippen LogP contribution >= 0.6 is 0 Å². The molecule has 0 saturated carbocycles. The van der Waals surface area contributed by atoms with Crippen molar-refractivity contribution in [2.45, 2.75) is 34.1 Å². The standard InChI is InChI=1S/C15H11N3O2.2C2H6/c1-2-4-12-11(3-1)13(18-8-17-12)7-10-5-6-16-15-14(10)19-9-20-15;2*1-2/h1-6,8H,7,9H2;2*1-2H3. The average molecular weight is 325 g/mol. The second-order valence-electron chi connectivity index (χ2n) is 4.53. The van der Waals surface area contributed by atoms with Crippen LogP contribution in [0.25, 0.3) is 10.9 Å². The number of pyridine rings is 1. The number of aromatic nitrogens is 3. The van der Waals surface area contributed by atoms with Crippen molar-refractivity contribution in [1.29, 1.82) is 0 Å². The fourth-order valence-electron chi connectivity index (χ4n) is 2.39. The van der Waals surface area contributed by atoms with Gasteiger partial charge in [-0.1, -0.05) is 45.9 Å². The number of rotatable bonds is 2. The third-order valence-electron chi connectivity index (χ3n) is 3.34. The molecule has 3 aromatic rings. The van der Waals surface area contributed by atoms with E-state index in [4.69, 9.17) is 9.47 Å². The van der Waals surface area contributed by atoms with Crippen LogP contribution in [-0.4, -0.2) is 21.7 Å². The first kappa shape index (κ1) is 17.7. The molecule has 4 rings (SSSR count). The van der Waals surface area contributed by atoms with Crippen LogP contribution in [0, 0.1) is 0 Å². The molecule has 0 amide bonds. The molecular formula is C19H23N3O2. The van der Waals surface area contributed by atoms with Crippen molar-refractivity contribution >= 4 is 10.9 Å². The quantitative estimate of drug-likeness (QED) is 0.699. The Hall–Kier alpha value is -2.69. The molecule has 0 aliphatic carbocycles. The molecular weight excluding hydrogens is 302 g/mol. The summed E-state index contributed by atoms with van der Waals surface area (Å²) in [6.45, 7) is 8.23. The van der Waals surface area contributed by atoms with Crippen LogP contribution in [-0.2, 0) is 6.42 Å². The van der Waals surface area contributed by atoms with Gasteiger partial charge in [-0.3, -0.25) is 0 Å². The summed E-state index contributed by atoms with van der Waals surface area (Å²) >= 11 is 0. The molecule has 0 N–H and O–H groups in total. The monoisotopic (exact) mass is 325 g/mol. The molecule has 1 aromatic carbocycles. The van der Waals surface area contributed by atoms with Gasteiger partial charge in [0.25, 0.3) is 5.88 Å². The zero-order valence-corrected chi connectivity index (χ0v) is 14.6. The van der Waals surface area contributed by atoms with Crippen molar-refractivity contribution in [3.8, 4) is 11.6 Å². The molecule has 0 fully saturated rings. The van der Waals surface area contributed by atoms with Crippen LogP contribution in [0.3, 0.4) is 0 Å². The lowest BCUT2D eigenvalue weighted by Gasteiger charge is -2.07. The summed E-state index contributed by atoms with van der Waals surface area (Å²) in [5.41, 5.74) is 2.94. The fourth-order valence-corrected chi connectivity index (χ4v) is 2.39. The average Bonchev–Trinajstić information content (AvgIpc) is 3.15. The molecule has 5 nitrogen and oxygen atoms in total. The van der Waals surface area contributed by atoms with Gasteiger partial charge in [-0.25, -0.2) is 15.0 Å². The van der Waals surface area contributed by atoms with Gasteiger partial charge in [-0.05, 0) is 12.1 Å². The highest BCUT2D eigenvalue weighted by atomic mass is 16.7. The highest BCUT2D eigenvalue weighted by molar-refractivity contribution is 5.80. The summed E-state index contributed by atoms with van der Waals surface area (Å²) < 4.78 is 10.8. The Morgan fingerprint density at radius 1 is 0.917 bits per heavy atom. The maximum Gasteiger partial charge on any atom is 0.260 e. The van der Waals surface area contributed by atoms with E-state index in [2.05, 4.69) is 15.0 Å². The number of para-hydroxylation sites is 1. The summed E-state index contributed by atoms with van der Waals surface area (Å²) in [6, 6.07) is 9.91. The van der Waals surface area contributed by atoms with Crippen molar-refractivity contribution in [1.82, 2.24) is 15.0 Å². The maximum absolute atomic E-state index is 5.49. The molecule has 1 aliphatic heterocycles. The minimum atomic E-state index is 0.226. The minimum Gasteiger partial charge on any atom is -0.451 e. The van der Waals surface area contributed by atoms with Gasteiger partial charge in [0.05, 0.1) is 11.2 Å². The van der Waals surface area contributed by atoms with E-state index in [0.29, 0.717) is 12.3 Å².